The molecule has 1 saturated heterocycles. The number of thiazole rings is 1. The second kappa shape index (κ2) is 8.73. The highest BCUT2D eigenvalue weighted by atomic mass is 32.1. The zero-order chi connectivity index (χ0) is 18.6. The summed E-state index contributed by atoms with van der Waals surface area (Å²) in [4.78, 5) is 35.9. The van der Waals surface area contributed by atoms with Crippen molar-refractivity contribution in [1.29, 1.82) is 0 Å². The van der Waals surface area contributed by atoms with Crippen LogP contribution >= 0.6 is 11.3 Å². The summed E-state index contributed by atoms with van der Waals surface area (Å²) in [6.07, 6.45) is 0.952. The van der Waals surface area contributed by atoms with E-state index in [4.69, 9.17) is 0 Å². The van der Waals surface area contributed by atoms with Gasteiger partial charge in [0, 0.05) is 38.6 Å². The zero-order valence-corrected chi connectivity index (χ0v) is 16.7. The maximum absolute atomic E-state index is 12.5. The number of hydrogen-bond acceptors (Lipinski definition) is 6. The van der Waals surface area contributed by atoms with Gasteiger partial charge < -0.3 is 10.2 Å². The van der Waals surface area contributed by atoms with Crippen molar-refractivity contribution in [2.24, 2.45) is 0 Å². The molecule has 8 heteroatoms. The first-order valence-corrected chi connectivity index (χ1v) is 9.51. The van der Waals surface area contributed by atoms with Crippen molar-refractivity contribution in [1.82, 2.24) is 19.7 Å². The lowest BCUT2D eigenvalue weighted by Crippen LogP contribution is -2.44. The monoisotopic (exact) mass is 367 g/mol. The molecule has 140 valence electrons. The summed E-state index contributed by atoms with van der Waals surface area (Å²) in [5.41, 5.74) is 0.962. The minimum absolute atomic E-state index is 0.0217. The predicted octanol–water partition coefficient (Wildman–Crippen LogP) is 1.18. The number of likely N-dealkylation sites (N-methyl/N-ethyl adjacent to an activating group) is 1. The molecular weight excluding hydrogens is 338 g/mol. The Morgan fingerprint density at radius 3 is 2.56 bits per heavy atom. The smallest absolute Gasteiger partial charge is 0.243 e. The highest BCUT2D eigenvalue weighted by Crippen LogP contribution is 2.21. The SMILES string of the molecule is Cc1nc(NC(=O)C(C)N2CCCN(CC(=O)N(C)C)CC2)sc1C. The van der Waals surface area contributed by atoms with Crippen molar-refractivity contribution in [3.8, 4) is 0 Å². The summed E-state index contributed by atoms with van der Waals surface area (Å²) in [5.74, 6) is 0.0975. The molecule has 2 heterocycles. The first kappa shape index (κ1) is 19.8. The van der Waals surface area contributed by atoms with E-state index in [-0.39, 0.29) is 17.9 Å². The van der Waals surface area contributed by atoms with Crippen LogP contribution in [-0.4, -0.2) is 84.4 Å². The molecule has 1 aliphatic heterocycles. The summed E-state index contributed by atoms with van der Waals surface area (Å²) in [7, 11) is 3.56. The van der Waals surface area contributed by atoms with E-state index in [1.165, 1.54) is 11.3 Å². The molecule has 0 spiro atoms. The summed E-state index contributed by atoms with van der Waals surface area (Å²) in [5, 5.41) is 3.60. The molecule has 1 atom stereocenters. The van der Waals surface area contributed by atoms with Crippen LogP contribution in [0.5, 0.6) is 0 Å². The molecule has 1 unspecified atom stereocenters. The highest BCUT2D eigenvalue weighted by Gasteiger charge is 2.25. The normalized spacial score (nSPS) is 17.8. The topological polar surface area (TPSA) is 68.8 Å². The molecule has 1 N–H and O–H groups in total. The summed E-state index contributed by atoms with van der Waals surface area (Å²) in [6, 6.07) is -0.214. The van der Waals surface area contributed by atoms with Gasteiger partial charge in [0.25, 0.3) is 0 Å². The number of carbonyl (C=O) groups is 2. The Morgan fingerprint density at radius 1 is 1.24 bits per heavy atom. The number of anilines is 1. The Morgan fingerprint density at radius 2 is 1.96 bits per heavy atom. The molecule has 7 nitrogen and oxygen atoms in total. The minimum Gasteiger partial charge on any atom is -0.348 e. The highest BCUT2D eigenvalue weighted by molar-refractivity contribution is 7.15. The molecule has 0 bridgehead atoms. The van der Waals surface area contributed by atoms with Gasteiger partial charge in [-0.05, 0) is 33.7 Å². The number of nitrogens with zero attached hydrogens (tertiary/aromatic N) is 4. The number of carbonyl (C=O) groups excluding carboxylic acids is 2. The average molecular weight is 368 g/mol. The molecule has 25 heavy (non-hydrogen) atoms. The third-order valence-corrected chi connectivity index (χ3v) is 5.65. The Labute approximate surface area is 154 Å². The van der Waals surface area contributed by atoms with Crippen LogP contribution in [0.4, 0.5) is 5.13 Å². The lowest BCUT2D eigenvalue weighted by molar-refractivity contribution is -0.130. The molecule has 2 amide bonds. The van der Waals surface area contributed by atoms with Crippen LogP contribution < -0.4 is 5.32 Å². The average Bonchev–Trinajstić information content (AvgIpc) is 2.75. The second-order valence-corrected chi connectivity index (χ2v) is 7.98. The number of amides is 2. The Hall–Kier alpha value is -1.51. The van der Waals surface area contributed by atoms with Crippen LogP contribution in [0.1, 0.15) is 23.9 Å². The quantitative estimate of drug-likeness (QED) is 0.846. The first-order chi connectivity index (χ1) is 11.8. The lowest BCUT2D eigenvalue weighted by atomic mass is 10.2. The molecule has 1 fully saturated rings. The Bertz CT molecular complexity index is 597. The van der Waals surface area contributed by atoms with Crippen molar-refractivity contribution < 1.29 is 9.59 Å². The molecule has 1 aromatic rings. The van der Waals surface area contributed by atoms with Gasteiger partial charge in [-0.25, -0.2) is 4.98 Å². The number of nitrogens with one attached hydrogen (secondary N) is 1. The predicted molar refractivity (Wildman–Crippen MR) is 101 cm³/mol. The van der Waals surface area contributed by atoms with E-state index >= 15 is 0 Å². The van der Waals surface area contributed by atoms with Gasteiger partial charge in [-0.2, -0.15) is 0 Å². The summed E-state index contributed by atoms with van der Waals surface area (Å²) in [6.45, 7) is 9.65. The molecule has 0 saturated carbocycles. The number of aryl methyl sites for hydroxylation is 2. The number of hydrogen-bond donors (Lipinski definition) is 1. The molecule has 0 aromatic carbocycles. The fourth-order valence-electron chi connectivity index (χ4n) is 2.77. The zero-order valence-electron chi connectivity index (χ0n) is 15.8. The van der Waals surface area contributed by atoms with Crippen LogP contribution in [-0.2, 0) is 9.59 Å². The Balaban J connectivity index is 1.88. The van der Waals surface area contributed by atoms with E-state index in [0.29, 0.717) is 11.7 Å². The molecular formula is C17H29N5O2S. The van der Waals surface area contributed by atoms with Gasteiger partial charge >= 0.3 is 0 Å². The van der Waals surface area contributed by atoms with E-state index in [0.717, 1.165) is 43.2 Å². The standard InChI is InChI=1S/C17H29N5O2S/c1-12-14(3)25-17(18-12)19-16(24)13(2)22-8-6-7-21(9-10-22)11-15(23)20(4)5/h13H,6-11H2,1-5H3,(H,18,19,24). The van der Waals surface area contributed by atoms with E-state index in [2.05, 4.69) is 20.1 Å². The van der Waals surface area contributed by atoms with Gasteiger partial charge in [-0.1, -0.05) is 0 Å². The largest absolute Gasteiger partial charge is 0.348 e. The van der Waals surface area contributed by atoms with Crippen LogP contribution in [0.15, 0.2) is 0 Å². The molecule has 1 aromatic heterocycles. The Kier molecular flexibility index (Phi) is 6.92. The first-order valence-electron chi connectivity index (χ1n) is 8.69. The second-order valence-electron chi connectivity index (χ2n) is 6.78. The van der Waals surface area contributed by atoms with Crippen molar-refractivity contribution >= 4 is 28.3 Å². The number of aromatic nitrogens is 1. The maximum Gasteiger partial charge on any atom is 0.243 e. The van der Waals surface area contributed by atoms with E-state index in [9.17, 15) is 9.59 Å². The molecule has 0 aliphatic carbocycles. The number of rotatable bonds is 5. The fourth-order valence-corrected chi connectivity index (χ4v) is 3.59. The summed E-state index contributed by atoms with van der Waals surface area (Å²) < 4.78 is 0. The van der Waals surface area contributed by atoms with Crippen molar-refractivity contribution in [3.05, 3.63) is 10.6 Å². The van der Waals surface area contributed by atoms with Gasteiger partial charge in [0.05, 0.1) is 18.3 Å². The van der Waals surface area contributed by atoms with Crippen LogP contribution in [0.2, 0.25) is 0 Å². The van der Waals surface area contributed by atoms with Gasteiger partial charge in [0.15, 0.2) is 5.13 Å². The van der Waals surface area contributed by atoms with Gasteiger partial charge in [0.1, 0.15) is 0 Å². The van der Waals surface area contributed by atoms with E-state index in [1.54, 1.807) is 19.0 Å². The third kappa shape index (κ3) is 5.49. The minimum atomic E-state index is -0.214. The van der Waals surface area contributed by atoms with E-state index < -0.39 is 0 Å². The lowest BCUT2D eigenvalue weighted by Gasteiger charge is -2.26. The van der Waals surface area contributed by atoms with Gasteiger partial charge in [0.2, 0.25) is 11.8 Å². The van der Waals surface area contributed by atoms with Crippen LogP contribution in [0.25, 0.3) is 0 Å². The molecule has 1 aliphatic rings. The van der Waals surface area contributed by atoms with Crippen molar-refractivity contribution in [2.45, 2.75) is 33.2 Å². The third-order valence-electron chi connectivity index (χ3n) is 4.67. The van der Waals surface area contributed by atoms with Crippen molar-refractivity contribution in [2.75, 3.05) is 52.1 Å². The summed E-state index contributed by atoms with van der Waals surface area (Å²) >= 11 is 1.51. The molecule has 2 rings (SSSR count). The molecule has 0 radical (unpaired) electrons. The fraction of sp³-hybridized carbons (Fsp3) is 0.706. The van der Waals surface area contributed by atoms with Crippen LogP contribution in [0, 0.1) is 13.8 Å². The van der Waals surface area contributed by atoms with Crippen LogP contribution in [0.3, 0.4) is 0 Å². The van der Waals surface area contributed by atoms with Gasteiger partial charge in [-0.15, -0.1) is 11.3 Å². The van der Waals surface area contributed by atoms with Gasteiger partial charge in [-0.3, -0.25) is 19.4 Å². The maximum atomic E-state index is 12.5. The van der Waals surface area contributed by atoms with Crippen molar-refractivity contribution in [3.63, 3.8) is 0 Å². The van der Waals surface area contributed by atoms with E-state index in [1.807, 2.05) is 20.8 Å².